The Morgan fingerprint density at radius 1 is 1.41 bits per heavy atom. The quantitative estimate of drug-likeness (QED) is 0.834. The number of benzene rings is 1. The molecule has 0 radical (unpaired) electrons. The lowest BCUT2D eigenvalue weighted by atomic mass is 9.87. The molecule has 1 aromatic carbocycles. The maximum Gasteiger partial charge on any atom is 0.225 e. The average molecular weight is 234 g/mol. The summed E-state index contributed by atoms with van der Waals surface area (Å²) in [5, 5.41) is 9.58. The van der Waals surface area contributed by atoms with E-state index in [-0.39, 0.29) is 17.9 Å². The van der Waals surface area contributed by atoms with Gasteiger partial charge in [0.2, 0.25) is 5.89 Å². The van der Waals surface area contributed by atoms with Gasteiger partial charge in [-0.1, -0.05) is 26.8 Å². The molecule has 1 aromatic heterocycles. The van der Waals surface area contributed by atoms with Crippen molar-refractivity contribution < 1.29 is 9.52 Å². The van der Waals surface area contributed by atoms with Crippen LogP contribution in [0, 0.1) is 0 Å². The van der Waals surface area contributed by atoms with E-state index in [1.165, 1.54) is 5.56 Å². The second-order valence-electron chi connectivity index (χ2n) is 5.24. The van der Waals surface area contributed by atoms with Crippen molar-refractivity contribution >= 4 is 11.1 Å². The van der Waals surface area contributed by atoms with E-state index in [9.17, 15) is 5.11 Å². The van der Waals surface area contributed by atoms with Gasteiger partial charge in [0.25, 0.3) is 0 Å². The van der Waals surface area contributed by atoms with Crippen LogP contribution in [-0.4, -0.2) is 16.6 Å². The monoisotopic (exact) mass is 234 g/mol. The molecule has 0 amide bonds. The van der Waals surface area contributed by atoms with Crippen LogP contribution in [0.4, 0.5) is 0 Å². The summed E-state index contributed by atoms with van der Waals surface area (Å²) in [6.07, 6.45) is -0.833. The number of oxazole rings is 1. The van der Waals surface area contributed by atoms with Gasteiger partial charge in [0, 0.05) is 6.54 Å². The molecule has 17 heavy (non-hydrogen) atoms. The Morgan fingerprint density at radius 3 is 2.71 bits per heavy atom. The molecule has 3 N–H and O–H groups in total. The van der Waals surface area contributed by atoms with Crippen molar-refractivity contribution in [3.8, 4) is 0 Å². The molecule has 92 valence electrons. The summed E-state index contributed by atoms with van der Waals surface area (Å²) in [4.78, 5) is 4.26. The van der Waals surface area contributed by atoms with E-state index in [1.807, 2.05) is 18.2 Å². The van der Waals surface area contributed by atoms with E-state index >= 15 is 0 Å². The zero-order valence-electron chi connectivity index (χ0n) is 10.4. The molecule has 0 spiro atoms. The Bertz CT molecular complexity index is 526. The minimum Gasteiger partial charge on any atom is -0.438 e. The molecule has 0 aliphatic heterocycles. The molecule has 2 aromatic rings. The van der Waals surface area contributed by atoms with Gasteiger partial charge < -0.3 is 15.3 Å². The third kappa shape index (κ3) is 2.33. The minimum absolute atomic E-state index is 0.0692. The highest BCUT2D eigenvalue weighted by atomic mass is 16.4. The maximum atomic E-state index is 9.58. The summed E-state index contributed by atoms with van der Waals surface area (Å²) >= 11 is 0. The van der Waals surface area contributed by atoms with Gasteiger partial charge in [-0.05, 0) is 23.1 Å². The number of fused-ring (bicyclic) bond motifs is 1. The van der Waals surface area contributed by atoms with E-state index in [1.54, 1.807) is 0 Å². The topological polar surface area (TPSA) is 72.3 Å². The fourth-order valence-electron chi connectivity index (χ4n) is 1.66. The van der Waals surface area contributed by atoms with Gasteiger partial charge in [0.1, 0.15) is 11.6 Å². The summed E-state index contributed by atoms with van der Waals surface area (Å²) in [6.45, 7) is 6.54. The molecule has 2 rings (SSSR count). The van der Waals surface area contributed by atoms with Gasteiger partial charge in [0.05, 0.1) is 0 Å². The summed E-state index contributed by atoms with van der Waals surface area (Å²) < 4.78 is 5.45. The summed E-state index contributed by atoms with van der Waals surface area (Å²) in [5.41, 5.74) is 8.08. The molecule has 1 heterocycles. The Balaban J connectivity index is 2.48. The van der Waals surface area contributed by atoms with Crippen LogP contribution in [0.1, 0.15) is 38.3 Å². The molecule has 4 nitrogen and oxygen atoms in total. The summed E-state index contributed by atoms with van der Waals surface area (Å²) in [6, 6.07) is 5.90. The minimum atomic E-state index is -0.833. The SMILES string of the molecule is CC(C)(C)c1ccc2oc(C(O)CN)nc2c1. The van der Waals surface area contributed by atoms with Gasteiger partial charge in [-0.15, -0.1) is 0 Å². The van der Waals surface area contributed by atoms with Crippen molar-refractivity contribution in [2.45, 2.75) is 32.3 Å². The van der Waals surface area contributed by atoms with Gasteiger partial charge in [-0.3, -0.25) is 0 Å². The molecular weight excluding hydrogens is 216 g/mol. The number of nitrogens with zero attached hydrogens (tertiary/aromatic N) is 1. The van der Waals surface area contributed by atoms with Crippen molar-refractivity contribution in [2.75, 3.05) is 6.54 Å². The summed E-state index contributed by atoms with van der Waals surface area (Å²) in [5.74, 6) is 0.286. The Hall–Kier alpha value is -1.39. The molecule has 0 saturated heterocycles. The number of hydrogen-bond donors (Lipinski definition) is 2. The van der Waals surface area contributed by atoms with Gasteiger partial charge >= 0.3 is 0 Å². The van der Waals surface area contributed by atoms with Crippen molar-refractivity contribution in [1.29, 1.82) is 0 Å². The second-order valence-corrected chi connectivity index (χ2v) is 5.24. The third-order valence-corrected chi connectivity index (χ3v) is 2.78. The van der Waals surface area contributed by atoms with Crippen LogP contribution in [0.3, 0.4) is 0 Å². The number of nitrogens with two attached hydrogens (primary N) is 1. The van der Waals surface area contributed by atoms with E-state index < -0.39 is 6.10 Å². The van der Waals surface area contributed by atoms with Crippen LogP contribution in [0.2, 0.25) is 0 Å². The van der Waals surface area contributed by atoms with Crippen molar-refractivity contribution in [1.82, 2.24) is 4.98 Å². The molecule has 4 heteroatoms. The summed E-state index contributed by atoms with van der Waals surface area (Å²) in [7, 11) is 0. The lowest BCUT2D eigenvalue weighted by Gasteiger charge is -2.18. The first kappa shape index (κ1) is 12.1. The predicted molar refractivity (Wildman–Crippen MR) is 66.7 cm³/mol. The lowest BCUT2D eigenvalue weighted by molar-refractivity contribution is 0.154. The van der Waals surface area contributed by atoms with Crippen molar-refractivity contribution in [3.63, 3.8) is 0 Å². The van der Waals surface area contributed by atoms with Crippen LogP contribution < -0.4 is 5.73 Å². The van der Waals surface area contributed by atoms with Gasteiger partial charge in [-0.25, -0.2) is 4.98 Å². The number of aliphatic hydroxyl groups excluding tert-OH is 1. The number of aromatic nitrogens is 1. The number of rotatable bonds is 2. The maximum absolute atomic E-state index is 9.58. The van der Waals surface area contributed by atoms with Crippen LogP contribution >= 0.6 is 0 Å². The zero-order chi connectivity index (χ0) is 12.6. The Kier molecular flexibility index (Phi) is 2.93. The highest BCUT2D eigenvalue weighted by Crippen LogP contribution is 2.27. The second kappa shape index (κ2) is 4.13. The van der Waals surface area contributed by atoms with Gasteiger partial charge in [-0.2, -0.15) is 0 Å². The van der Waals surface area contributed by atoms with Crippen molar-refractivity contribution in [3.05, 3.63) is 29.7 Å². The molecule has 0 bridgehead atoms. The fourth-order valence-corrected chi connectivity index (χ4v) is 1.66. The van der Waals surface area contributed by atoms with E-state index in [0.29, 0.717) is 5.58 Å². The van der Waals surface area contributed by atoms with E-state index in [2.05, 4.69) is 25.8 Å². The van der Waals surface area contributed by atoms with E-state index in [4.69, 9.17) is 10.2 Å². The van der Waals surface area contributed by atoms with Crippen LogP contribution in [0.15, 0.2) is 22.6 Å². The smallest absolute Gasteiger partial charge is 0.225 e. The molecule has 0 aliphatic carbocycles. The van der Waals surface area contributed by atoms with Crippen LogP contribution in [0.25, 0.3) is 11.1 Å². The predicted octanol–water partition coefficient (Wildman–Crippen LogP) is 2.12. The number of hydrogen-bond acceptors (Lipinski definition) is 4. The molecule has 1 unspecified atom stereocenters. The average Bonchev–Trinajstić information content (AvgIpc) is 2.69. The van der Waals surface area contributed by atoms with Crippen LogP contribution in [0.5, 0.6) is 0 Å². The van der Waals surface area contributed by atoms with Gasteiger partial charge in [0.15, 0.2) is 5.58 Å². The lowest BCUT2D eigenvalue weighted by Crippen LogP contribution is -2.11. The first-order chi connectivity index (χ1) is 7.91. The molecular formula is C13H18N2O2. The Labute approximate surface area is 100 Å². The highest BCUT2D eigenvalue weighted by molar-refractivity contribution is 5.73. The Morgan fingerprint density at radius 2 is 2.12 bits per heavy atom. The standard InChI is InChI=1S/C13H18N2O2/c1-13(2,3)8-4-5-11-9(6-8)15-12(17-11)10(16)7-14/h4-6,10,16H,7,14H2,1-3H3. The highest BCUT2D eigenvalue weighted by Gasteiger charge is 2.17. The molecule has 0 fully saturated rings. The first-order valence-electron chi connectivity index (χ1n) is 5.71. The molecule has 0 aliphatic rings. The van der Waals surface area contributed by atoms with Crippen molar-refractivity contribution in [2.24, 2.45) is 5.73 Å². The zero-order valence-corrected chi connectivity index (χ0v) is 10.4. The molecule has 1 atom stereocenters. The normalized spacial score (nSPS) is 14.2. The van der Waals surface area contributed by atoms with Crippen LogP contribution in [-0.2, 0) is 5.41 Å². The fraction of sp³-hybridized carbons (Fsp3) is 0.462. The largest absolute Gasteiger partial charge is 0.438 e. The first-order valence-corrected chi connectivity index (χ1v) is 5.71. The number of aliphatic hydroxyl groups is 1. The van der Waals surface area contributed by atoms with E-state index in [0.717, 1.165) is 5.52 Å². The third-order valence-electron chi connectivity index (χ3n) is 2.78. The molecule has 0 saturated carbocycles.